The summed E-state index contributed by atoms with van der Waals surface area (Å²) in [5.41, 5.74) is 1.49. The van der Waals surface area contributed by atoms with Crippen molar-refractivity contribution < 1.29 is 42.1 Å². The zero-order valence-electron chi connectivity index (χ0n) is 21.3. The fourth-order valence-corrected chi connectivity index (χ4v) is 5.25. The second kappa shape index (κ2) is 11.7. The molecule has 6 nitrogen and oxygen atoms in total. The molecule has 2 aliphatic rings. The minimum Gasteiger partial charge on any atom is -0.485 e. The van der Waals surface area contributed by atoms with Gasteiger partial charge in [-0.25, -0.2) is 4.79 Å². The van der Waals surface area contributed by atoms with E-state index in [4.69, 9.17) is 14.2 Å². The predicted molar refractivity (Wildman–Crippen MR) is 139 cm³/mol. The number of halogens is 3. The molecule has 0 aromatic heterocycles. The van der Waals surface area contributed by atoms with Crippen LogP contribution >= 0.6 is 0 Å². The number of hydrogen-bond donors (Lipinski definition) is 1. The summed E-state index contributed by atoms with van der Waals surface area (Å²) in [6.45, 7) is -0.462. The molecule has 3 aromatic rings. The molecule has 1 aliphatic heterocycles. The number of aliphatic hydroxyl groups is 1. The molecule has 40 heavy (non-hydrogen) atoms. The van der Waals surface area contributed by atoms with E-state index in [1.165, 1.54) is 18.2 Å². The number of esters is 1. The van der Waals surface area contributed by atoms with Crippen LogP contribution in [-0.4, -0.2) is 42.0 Å². The van der Waals surface area contributed by atoms with Gasteiger partial charge in [-0.15, -0.1) is 0 Å². The first-order valence-corrected chi connectivity index (χ1v) is 12.9. The summed E-state index contributed by atoms with van der Waals surface area (Å²) in [5.74, 6) is -1.62. The number of fused-ring (bicyclic) bond motifs is 1. The van der Waals surface area contributed by atoms with Crippen LogP contribution in [0.15, 0.2) is 91.0 Å². The summed E-state index contributed by atoms with van der Waals surface area (Å²) in [5, 5.41) is 9.97. The van der Waals surface area contributed by atoms with Crippen LogP contribution in [0.3, 0.4) is 0 Å². The van der Waals surface area contributed by atoms with Gasteiger partial charge in [0.25, 0.3) is 0 Å². The first-order valence-electron chi connectivity index (χ1n) is 12.9. The van der Waals surface area contributed by atoms with E-state index in [9.17, 15) is 27.9 Å². The second-order valence-electron chi connectivity index (χ2n) is 9.87. The van der Waals surface area contributed by atoms with E-state index >= 15 is 0 Å². The van der Waals surface area contributed by atoms with Gasteiger partial charge in [0, 0.05) is 18.8 Å². The Morgan fingerprint density at radius 1 is 0.950 bits per heavy atom. The normalized spacial score (nSPS) is 24.1. The predicted octanol–water partition coefficient (Wildman–Crippen LogP) is 5.85. The number of benzene rings is 3. The molecule has 0 amide bonds. The number of ketones is 1. The van der Waals surface area contributed by atoms with E-state index in [1.807, 2.05) is 42.5 Å². The van der Waals surface area contributed by atoms with Crippen LogP contribution in [0.5, 0.6) is 5.75 Å². The van der Waals surface area contributed by atoms with Gasteiger partial charge in [-0.2, -0.15) is 13.2 Å². The monoisotopic (exact) mass is 552 g/mol. The first kappa shape index (κ1) is 27.6. The van der Waals surface area contributed by atoms with Crippen molar-refractivity contribution in [1.82, 2.24) is 0 Å². The lowest BCUT2D eigenvalue weighted by molar-refractivity contribution is -0.137. The van der Waals surface area contributed by atoms with Gasteiger partial charge in [-0.1, -0.05) is 54.6 Å². The van der Waals surface area contributed by atoms with Crippen molar-refractivity contribution >= 4 is 11.8 Å². The zero-order chi connectivity index (χ0) is 28.3. The summed E-state index contributed by atoms with van der Waals surface area (Å²) in [4.78, 5) is 25.5. The molecule has 1 N–H and O–H groups in total. The average molecular weight is 553 g/mol. The lowest BCUT2D eigenvalue weighted by atomic mass is 9.91. The van der Waals surface area contributed by atoms with Crippen LogP contribution in [0, 0.1) is 11.8 Å². The molecule has 2 fully saturated rings. The van der Waals surface area contributed by atoms with Crippen molar-refractivity contribution in [1.29, 1.82) is 0 Å². The van der Waals surface area contributed by atoms with Crippen molar-refractivity contribution in [2.75, 3.05) is 6.61 Å². The number of ether oxygens (including phenoxy) is 3. The smallest absolute Gasteiger partial charge is 0.416 e. The second-order valence-corrected chi connectivity index (χ2v) is 9.87. The standard InChI is InChI=1S/C31H27F3O6/c32-31(33,34)22-7-4-8-24(15-22)38-18-23(35)13-14-25-26-16-29(36)39-28(26)17-27(25)40-30(37)21-11-9-20(10-12-21)19-5-2-1-3-6-19/h1-15,25-29,36H,16-18H2/b14-13+/t25-,26-,27-,28?,29-/m1/s1. The highest BCUT2D eigenvalue weighted by molar-refractivity contribution is 5.91. The van der Waals surface area contributed by atoms with Crippen molar-refractivity contribution in [2.45, 2.75) is 37.5 Å². The molecule has 5 atom stereocenters. The van der Waals surface area contributed by atoms with E-state index in [1.54, 1.807) is 18.2 Å². The number of carbonyl (C=O) groups excluding carboxylic acids is 2. The van der Waals surface area contributed by atoms with E-state index in [0.717, 1.165) is 23.3 Å². The summed E-state index contributed by atoms with van der Waals surface area (Å²) < 4.78 is 55.4. The van der Waals surface area contributed by atoms with E-state index in [-0.39, 0.29) is 17.8 Å². The molecule has 0 spiro atoms. The Morgan fingerprint density at radius 3 is 2.40 bits per heavy atom. The molecule has 0 bridgehead atoms. The van der Waals surface area contributed by atoms with Crippen molar-refractivity contribution in [3.63, 3.8) is 0 Å². The Labute approximate surface area is 229 Å². The first-order chi connectivity index (χ1) is 19.2. The summed E-state index contributed by atoms with van der Waals surface area (Å²) in [7, 11) is 0. The van der Waals surface area contributed by atoms with Crippen LogP contribution in [0.25, 0.3) is 11.1 Å². The number of alkyl halides is 3. The van der Waals surface area contributed by atoms with Gasteiger partial charge in [-0.05, 0) is 53.5 Å². The van der Waals surface area contributed by atoms with Crippen LogP contribution in [0.1, 0.15) is 28.8 Å². The Hall–Kier alpha value is -3.95. The Kier molecular flexibility index (Phi) is 8.04. The lowest BCUT2D eigenvalue weighted by Crippen LogP contribution is -2.25. The number of hydrogen-bond acceptors (Lipinski definition) is 6. The van der Waals surface area contributed by atoms with Crippen LogP contribution in [-0.2, 0) is 20.4 Å². The van der Waals surface area contributed by atoms with Gasteiger partial charge < -0.3 is 19.3 Å². The van der Waals surface area contributed by atoms with Crippen molar-refractivity contribution in [3.8, 4) is 16.9 Å². The maximum Gasteiger partial charge on any atom is 0.416 e. The van der Waals surface area contributed by atoms with Crippen LogP contribution < -0.4 is 4.74 Å². The molecule has 1 saturated heterocycles. The summed E-state index contributed by atoms with van der Waals surface area (Å²) >= 11 is 0. The molecule has 9 heteroatoms. The third-order valence-electron chi connectivity index (χ3n) is 7.20. The Bertz CT molecular complexity index is 1370. The molecular formula is C31H27F3O6. The maximum atomic E-state index is 13.0. The molecule has 1 heterocycles. The summed E-state index contributed by atoms with van der Waals surface area (Å²) in [6, 6.07) is 21.1. The summed E-state index contributed by atoms with van der Waals surface area (Å²) in [6.07, 6.45) is -2.80. The Balaban J connectivity index is 1.23. The third-order valence-corrected chi connectivity index (χ3v) is 7.20. The molecule has 208 valence electrons. The number of rotatable bonds is 8. The zero-order valence-corrected chi connectivity index (χ0v) is 21.3. The Morgan fingerprint density at radius 2 is 1.68 bits per heavy atom. The van der Waals surface area contributed by atoms with Gasteiger partial charge in [0.15, 0.2) is 18.7 Å². The van der Waals surface area contributed by atoms with Crippen LogP contribution in [0.4, 0.5) is 13.2 Å². The molecule has 1 aliphatic carbocycles. The highest BCUT2D eigenvalue weighted by atomic mass is 19.4. The third kappa shape index (κ3) is 6.43. The SMILES string of the molecule is O=C(/C=C/[C@H]1[C@H](OC(=O)c2ccc(-c3ccccc3)cc2)CC2O[C@@H](O)C[C@@H]21)COc1cccc(C(F)(F)F)c1. The minimum atomic E-state index is -4.52. The minimum absolute atomic E-state index is 0.0742. The maximum absolute atomic E-state index is 13.0. The van der Waals surface area contributed by atoms with E-state index < -0.39 is 48.4 Å². The van der Waals surface area contributed by atoms with Gasteiger partial charge in [0.2, 0.25) is 0 Å². The molecule has 1 unspecified atom stereocenters. The topological polar surface area (TPSA) is 82.1 Å². The molecule has 1 saturated carbocycles. The molecule has 5 rings (SSSR count). The van der Waals surface area contributed by atoms with Gasteiger partial charge in [0.1, 0.15) is 11.9 Å². The van der Waals surface area contributed by atoms with Gasteiger partial charge in [-0.3, -0.25) is 4.79 Å². The quantitative estimate of drug-likeness (QED) is 0.279. The molecular weight excluding hydrogens is 525 g/mol. The highest BCUT2D eigenvalue weighted by Crippen LogP contribution is 2.45. The van der Waals surface area contributed by atoms with Gasteiger partial charge >= 0.3 is 12.1 Å². The number of carbonyl (C=O) groups is 2. The van der Waals surface area contributed by atoms with Crippen LogP contribution in [0.2, 0.25) is 0 Å². The largest absolute Gasteiger partial charge is 0.485 e. The fourth-order valence-electron chi connectivity index (χ4n) is 5.25. The average Bonchev–Trinajstić information content (AvgIpc) is 3.46. The van der Waals surface area contributed by atoms with Crippen molar-refractivity contribution in [2.24, 2.45) is 11.8 Å². The molecule has 3 aromatic carbocycles. The fraction of sp³-hybridized carbons (Fsp3) is 0.290. The van der Waals surface area contributed by atoms with Crippen molar-refractivity contribution in [3.05, 3.63) is 102 Å². The lowest BCUT2D eigenvalue weighted by Gasteiger charge is -2.21. The van der Waals surface area contributed by atoms with Gasteiger partial charge in [0.05, 0.1) is 17.2 Å². The molecule has 0 radical (unpaired) electrons. The van der Waals surface area contributed by atoms with E-state index in [2.05, 4.69) is 0 Å². The highest BCUT2D eigenvalue weighted by Gasteiger charge is 2.50. The number of aliphatic hydroxyl groups excluding tert-OH is 1. The van der Waals surface area contributed by atoms with E-state index in [0.29, 0.717) is 18.4 Å².